The smallest absolute Gasteiger partial charge is 0.261 e. The Kier molecular flexibility index (Phi) is 3.88. The lowest BCUT2D eigenvalue weighted by Gasteiger charge is -1.96. The number of aromatic nitrogens is 2. The third-order valence-corrected chi connectivity index (χ3v) is 3.89. The van der Waals surface area contributed by atoms with Gasteiger partial charge < -0.3 is 0 Å². The zero-order valence-corrected chi connectivity index (χ0v) is 12.0. The second-order valence-corrected chi connectivity index (χ2v) is 6.54. The molecule has 0 fully saturated rings. The van der Waals surface area contributed by atoms with Crippen molar-refractivity contribution in [2.75, 3.05) is 0 Å². The van der Waals surface area contributed by atoms with Gasteiger partial charge in [0, 0.05) is 10.7 Å². The van der Waals surface area contributed by atoms with Crippen molar-refractivity contribution in [2.24, 2.45) is 10.2 Å². The number of nitrogens with one attached hydrogen (secondary N) is 1. The van der Waals surface area contributed by atoms with E-state index in [0.717, 1.165) is 0 Å². The Balaban J connectivity index is 2.25. The van der Waals surface area contributed by atoms with Crippen molar-refractivity contribution in [3.05, 3.63) is 35.1 Å². The van der Waals surface area contributed by atoms with E-state index in [1.807, 2.05) is 0 Å². The van der Waals surface area contributed by atoms with Gasteiger partial charge in [-0.15, -0.1) is 5.11 Å². The van der Waals surface area contributed by atoms with Crippen LogP contribution in [0.15, 0.2) is 39.4 Å². The van der Waals surface area contributed by atoms with Crippen molar-refractivity contribution >= 4 is 42.7 Å². The maximum atomic E-state index is 11.1. The molecule has 2 aromatic rings. The van der Waals surface area contributed by atoms with Gasteiger partial charge in [0.1, 0.15) is 5.69 Å². The number of aromatic amines is 1. The highest BCUT2D eigenvalue weighted by molar-refractivity contribution is 8.13. The SMILES string of the molecule is Cc1[nH]nc(Cl)c1N=Nc1ccc(S(=O)(=O)Cl)cc1. The molecule has 6 nitrogen and oxygen atoms in total. The van der Waals surface area contributed by atoms with E-state index in [1.165, 1.54) is 24.3 Å². The van der Waals surface area contributed by atoms with Crippen molar-refractivity contribution in [2.45, 2.75) is 11.8 Å². The lowest BCUT2D eigenvalue weighted by Crippen LogP contribution is -1.88. The number of halogens is 2. The first-order valence-corrected chi connectivity index (χ1v) is 7.73. The number of hydrogen-bond donors (Lipinski definition) is 1. The minimum Gasteiger partial charge on any atom is -0.279 e. The molecule has 1 N–H and O–H groups in total. The topological polar surface area (TPSA) is 87.5 Å². The van der Waals surface area contributed by atoms with Crippen LogP contribution in [0.1, 0.15) is 5.69 Å². The van der Waals surface area contributed by atoms with Gasteiger partial charge in [0.05, 0.1) is 16.3 Å². The highest BCUT2D eigenvalue weighted by atomic mass is 35.7. The molecule has 9 heteroatoms. The molecule has 0 saturated carbocycles. The Bertz CT molecular complexity index is 703. The molecule has 0 saturated heterocycles. The van der Waals surface area contributed by atoms with Gasteiger partial charge in [-0.3, -0.25) is 5.10 Å². The van der Waals surface area contributed by atoms with Crippen LogP contribution in [0.4, 0.5) is 11.4 Å². The van der Waals surface area contributed by atoms with Crippen LogP contribution in [0.3, 0.4) is 0 Å². The Hall–Kier alpha value is -1.44. The Morgan fingerprint density at radius 1 is 1.21 bits per heavy atom. The summed E-state index contributed by atoms with van der Waals surface area (Å²) in [6.45, 7) is 1.76. The van der Waals surface area contributed by atoms with Crippen LogP contribution in [-0.4, -0.2) is 18.6 Å². The lowest BCUT2D eigenvalue weighted by atomic mass is 10.3. The quantitative estimate of drug-likeness (QED) is 0.691. The summed E-state index contributed by atoms with van der Waals surface area (Å²) in [5.74, 6) is 0. The highest BCUT2D eigenvalue weighted by Crippen LogP contribution is 2.28. The van der Waals surface area contributed by atoms with E-state index >= 15 is 0 Å². The summed E-state index contributed by atoms with van der Waals surface area (Å²) in [6, 6.07) is 5.67. The maximum Gasteiger partial charge on any atom is 0.261 e. The summed E-state index contributed by atoms with van der Waals surface area (Å²) in [5, 5.41) is 14.5. The molecule has 1 aromatic heterocycles. The Morgan fingerprint density at radius 2 is 1.84 bits per heavy atom. The summed E-state index contributed by atoms with van der Waals surface area (Å²) in [5.41, 5.74) is 1.60. The van der Waals surface area contributed by atoms with Gasteiger partial charge in [-0.2, -0.15) is 10.2 Å². The first kappa shape index (κ1) is 14.0. The predicted octanol–water partition coefficient (Wildman–Crippen LogP) is 3.71. The van der Waals surface area contributed by atoms with Crippen molar-refractivity contribution in [3.8, 4) is 0 Å². The van der Waals surface area contributed by atoms with Gasteiger partial charge in [0.25, 0.3) is 9.05 Å². The van der Waals surface area contributed by atoms with Crippen LogP contribution >= 0.6 is 22.3 Å². The van der Waals surface area contributed by atoms with Gasteiger partial charge in [-0.1, -0.05) is 11.6 Å². The average molecular weight is 319 g/mol. The van der Waals surface area contributed by atoms with E-state index in [2.05, 4.69) is 20.4 Å². The van der Waals surface area contributed by atoms with E-state index < -0.39 is 9.05 Å². The van der Waals surface area contributed by atoms with Crippen molar-refractivity contribution in [3.63, 3.8) is 0 Å². The monoisotopic (exact) mass is 318 g/mol. The highest BCUT2D eigenvalue weighted by Gasteiger charge is 2.09. The standard InChI is InChI=1S/C10H8Cl2N4O2S/c1-6-9(10(11)16-13-6)15-14-7-2-4-8(5-3-7)19(12,17)18/h2-5H,1H3,(H,13,16). The third-order valence-electron chi connectivity index (χ3n) is 2.26. The zero-order valence-electron chi connectivity index (χ0n) is 9.63. The molecule has 2 rings (SSSR count). The summed E-state index contributed by atoms with van der Waals surface area (Å²) < 4.78 is 22.1. The van der Waals surface area contributed by atoms with Crippen molar-refractivity contribution in [1.82, 2.24) is 10.2 Å². The average Bonchev–Trinajstić information content (AvgIpc) is 2.66. The van der Waals surface area contributed by atoms with E-state index in [4.69, 9.17) is 22.3 Å². The minimum absolute atomic E-state index is 0.00522. The zero-order chi connectivity index (χ0) is 14.0. The second-order valence-electron chi connectivity index (χ2n) is 3.62. The Labute approximate surface area is 118 Å². The van der Waals surface area contributed by atoms with Crippen LogP contribution < -0.4 is 0 Å². The molecule has 0 unspecified atom stereocenters. The first-order valence-electron chi connectivity index (χ1n) is 5.05. The number of aryl methyl sites for hydroxylation is 1. The molecule has 0 aliphatic rings. The third kappa shape index (κ3) is 3.31. The molecular weight excluding hydrogens is 311 g/mol. The van der Waals surface area contributed by atoms with Gasteiger partial charge in [-0.05, 0) is 31.2 Å². The molecule has 1 aromatic carbocycles. The summed E-state index contributed by atoms with van der Waals surface area (Å²) in [7, 11) is 1.47. The summed E-state index contributed by atoms with van der Waals surface area (Å²) in [4.78, 5) is 0.00522. The van der Waals surface area contributed by atoms with Gasteiger partial charge in [0.2, 0.25) is 0 Å². The van der Waals surface area contributed by atoms with E-state index in [-0.39, 0.29) is 10.0 Å². The van der Waals surface area contributed by atoms with E-state index in [0.29, 0.717) is 17.1 Å². The van der Waals surface area contributed by atoms with Gasteiger partial charge >= 0.3 is 0 Å². The summed E-state index contributed by atoms with van der Waals surface area (Å²) >= 11 is 5.80. The largest absolute Gasteiger partial charge is 0.279 e. The molecule has 0 amide bonds. The molecular formula is C10H8Cl2N4O2S. The number of azo groups is 1. The fourth-order valence-electron chi connectivity index (χ4n) is 1.29. The molecule has 19 heavy (non-hydrogen) atoms. The molecule has 0 spiro atoms. The van der Waals surface area contributed by atoms with Crippen LogP contribution in [-0.2, 0) is 9.05 Å². The minimum atomic E-state index is -3.73. The lowest BCUT2D eigenvalue weighted by molar-refractivity contribution is 0.609. The molecule has 0 atom stereocenters. The van der Waals surface area contributed by atoms with Crippen LogP contribution in [0.5, 0.6) is 0 Å². The number of hydrogen-bond acceptors (Lipinski definition) is 5. The van der Waals surface area contributed by atoms with Gasteiger partial charge in [0.15, 0.2) is 5.15 Å². The number of nitrogens with zero attached hydrogens (tertiary/aromatic N) is 3. The predicted molar refractivity (Wildman–Crippen MR) is 72.0 cm³/mol. The molecule has 100 valence electrons. The normalized spacial score (nSPS) is 12.2. The summed E-state index contributed by atoms with van der Waals surface area (Å²) in [6.07, 6.45) is 0. The number of H-pyrrole nitrogens is 1. The second kappa shape index (κ2) is 5.28. The number of rotatable bonds is 3. The van der Waals surface area contributed by atoms with Gasteiger partial charge in [-0.25, -0.2) is 8.42 Å². The van der Waals surface area contributed by atoms with Crippen molar-refractivity contribution in [1.29, 1.82) is 0 Å². The van der Waals surface area contributed by atoms with Crippen molar-refractivity contribution < 1.29 is 8.42 Å². The molecule has 0 aliphatic heterocycles. The van der Waals surface area contributed by atoms with E-state index in [1.54, 1.807) is 6.92 Å². The number of benzene rings is 1. The Morgan fingerprint density at radius 3 is 2.32 bits per heavy atom. The van der Waals surface area contributed by atoms with Crippen LogP contribution in [0.2, 0.25) is 5.15 Å². The maximum absolute atomic E-state index is 11.1. The fraction of sp³-hybridized carbons (Fsp3) is 0.100. The van der Waals surface area contributed by atoms with Crippen LogP contribution in [0, 0.1) is 6.92 Å². The molecule has 0 aliphatic carbocycles. The first-order chi connectivity index (χ1) is 8.88. The van der Waals surface area contributed by atoms with E-state index in [9.17, 15) is 8.42 Å². The molecule has 1 heterocycles. The fourth-order valence-corrected chi connectivity index (χ4v) is 2.28. The van der Waals surface area contributed by atoms with Crippen LogP contribution in [0.25, 0.3) is 0 Å². The molecule has 0 bridgehead atoms. The molecule has 0 radical (unpaired) electrons.